The van der Waals surface area contributed by atoms with E-state index in [4.69, 9.17) is 0 Å². The standard InChI is InChI=1S/C6H14N.Hf/c1-5(2)6(3,4)7;/h5,7H,1-4H3;/q-1;+1. The Morgan fingerprint density at radius 2 is 1.75 bits per heavy atom. The van der Waals surface area contributed by atoms with Crippen molar-refractivity contribution >= 4 is 0 Å². The van der Waals surface area contributed by atoms with Crippen molar-refractivity contribution in [2.45, 2.75) is 33.2 Å². The molecule has 0 bridgehead atoms. The molecule has 1 N–H and O–H groups in total. The summed E-state index contributed by atoms with van der Waals surface area (Å²) in [7, 11) is 0. The summed E-state index contributed by atoms with van der Waals surface area (Å²) in [6, 6.07) is 0. The van der Waals surface area contributed by atoms with E-state index in [0.29, 0.717) is 5.54 Å². The van der Waals surface area contributed by atoms with Crippen molar-refractivity contribution in [1.29, 1.82) is 0 Å². The molecule has 0 saturated heterocycles. The van der Waals surface area contributed by atoms with E-state index in [1.165, 1.54) is 0 Å². The van der Waals surface area contributed by atoms with E-state index in [9.17, 15) is 0 Å². The van der Waals surface area contributed by atoms with Crippen LogP contribution in [0.4, 0.5) is 0 Å². The molecular weight excluding hydrogens is 265 g/mol. The molecule has 0 saturated carbocycles. The Hall–Kier alpha value is 0.830. The molecule has 0 aromatic heterocycles. The van der Waals surface area contributed by atoms with Gasteiger partial charge in [-0.3, -0.25) is 0 Å². The maximum atomic E-state index is 3.38. The molecule has 0 aliphatic carbocycles. The molecule has 0 aliphatic heterocycles. The quantitative estimate of drug-likeness (QED) is 0.755. The minimum atomic E-state index is 0.353. The molecule has 0 fully saturated rings. The van der Waals surface area contributed by atoms with Gasteiger partial charge in [-0.1, -0.05) is 0 Å². The molecule has 0 spiro atoms. The second kappa shape index (κ2) is 3.11. The Balaban J connectivity index is 3.71. The van der Waals surface area contributed by atoms with Crippen LogP contribution in [0.5, 0.6) is 0 Å². The predicted octanol–water partition coefficient (Wildman–Crippen LogP) is 1.47. The molecule has 0 heterocycles. The van der Waals surface area contributed by atoms with Crippen molar-refractivity contribution in [1.82, 2.24) is 3.30 Å². The molecule has 1 nitrogen and oxygen atoms in total. The van der Waals surface area contributed by atoms with Crippen LogP contribution in [0, 0.1) is 5.92 Å². The van der Waals surface area contributed by atoms with Crippen LogP contribution in [0.2, 0.25) is 0 Å². The molecule has 0 aliphatic rings. The zero-order chi connectivity index (χ0) is 6.78. The number of rotatable bonds is 2. The van der Waals surface area contributed by atoms with E-state index in [1.807, 2.05) is 0 Å². The van der Waals surface area contributed by atoms with Crippen molar-refractivity contribution in [3.63, 3.8) is 0 Å². The van der Waals surface area contributed by atoms with E-state index >= 15 is 0 Å². The van der Waals surface area contributed by atoms with Crippen LogP contribution in [0.25, 0.3) is 0 Å². The first-order valence-electron chi connectivity index (χ1n) is 2.94. The van der Waals surface area contributed by atoms with E-state index in [0.717, 1.165) is 30.6 Å². The van der Waals surface area contributed by atoms with Crippen LogP contribution in [-0.4, -0.2) is 5.54 Å². The van der Waals surface area contributed by atoms with Gasteiger partial charge < -0.3 is 0 Å². The van der Waals surface area contributed by atoms with Gasteiger partial charge in [-0.05, 0) is 0 Å². The first-order valence-corrected chi connectivity index (χ1v) is 4.74. The van der Waals surface area contributed by atoms with Crippen LogP contribution < -0.4 is 3.30 Å². The number of hydrogen-bond acceptors (Lipinski definition) is 1. The third-order valence-electron chi connectivity index (χ3n) is 1.77. The summed E-state index contributed by atoms with van der Waals surface area (Å²) in [5.41, 5.74) is 0.353. The number of hydrogen-bond donors (Lipinski definition) is 1. The van der Waals surface area contributed by atoms with Gasteiger partial charge in [0.25, 0.3) is 0 Å². The fourth-order valence-corrected chi connectivity index (χ4v) is 1.18. The van der Waals surface area contributed by atoms with Crippen molar-refractivity contribution in [3.8, 4) is 0 Å². The molecule has 0 radical (unpaired) electrons. The van der Waals surface area contributed by atoms with Crippen LogP contribution in [-0.2, 0) is 24.7 Å². The monoisotopic (exact) mass is 280 g/mol. The molecule has 2 heteroatoms. The predicted molar refractivity (Wildman–Crippen MR) is 32.1 cm³/mol. The van der Waals surface area contributed by atoms with Gasteiger partial charge in [0, 0.05) is 0 Å². The van der Waals surface area contributed by atoms with Crippen LogP contribution >= 0.6 is 0 Å². The summed E-state index contributed by atoms with van der Waals surface area (Å²) in [5.74, 6) is 0.736. The van der Waals surface area contributed by atoms with E-state index < -0.39 is 0 Å². The van der Waals surface area contributed by atoms with Gasteiger partial charge >= 0.3 is 67.1 Å². The van der Waals surface area contributed by atoms with Crippen molar-refractivity contribution < 1.29 is 24.7 Å². The summed E-state index contributed by atoms with van der Waals surface area (Å²) >= 11 is 1.10. The van der Waals surface area contributed by atoms with Crippen molar-refractivity contribution in [2.75, 3.05) is 0 Å². The van der Waals surface area contributed by atoms with Gasteiger partial charge in [0.15, 0.2) is 0 Å². The molecule has 8 heavy (non-hydrogen) atoms. The van der Waals surface area contributed by atoms with Gasteiger partial charge in [-0.2, -0.15) is 0 Å². The summed E-state index contributed by atoms with van der Waals surface area (Å²) in [4.78, 5) is 0. The topological polar surface area (TPSA) is 12.0 Å². The molecule has 0 rings (SSSR count). The average Bonchev–Trinajstić information content (AvgIpc) is 1.67. The zero-order valence-corrected chi connectivity index (χ0v) is 9.67. The Kier molecular flexibility index (Phi) is 3.44. The normalized spacial score (nSPS) is 12.5. The number of nitrogens with one attached hydrogen (secondary N) is 1. The van der Waals surface area contributed by atoms with Crippen LogP contribution in [0.1, 0.15) is 27.7 Å². The Morgan fingerprint density at radius 1 is 1.38 bits per heavy atom. The van der Waals surface area contributed by atoms with Gasteiger partial charge in [0.05, 0.1) is 0 Å². The average molecular weight is 279 g/mol. The Bertz CT molecular complexity index is 68.9. The van der Waals surface area contributed by atoms with Crippen molar-refractivity contribution in [3.05, 3.63) is 0 Å². The second-order valence-electron chi connectivity index (χ2n) is 3.00. The van der Waals surface area contributed by atoms with E-state index in [2.05, 4.69) is 31.0 Å². The first kappa shape index (κ1) is 8.83. The van der Waals surface area contributed by atoms with Gasteiger partial charge in [-0.15, -0.1) is 0 Å². The summed E-state index contributed by atoms with van der Waals surface area (Å²) < 4.78 is 3.38. The summed E-state index contributed by atoms with van der Waals surface area (Å²) in [6.07, 6.45) is 0. The third-order valence-corrected chi connectivity index (χ3v) is 4.08. The molecule has 47 valence electrons. The minimum absolute atomic E-state index is 0.353. The van der Waals surface area contributed by atoms with Crippen LogP contribution in [0.15, 0.2) is 0 Å². The summed E-state index contributed by atoms with van der Waals surface area (Å²) in [6.45, 7) is 8.96. The maximum absolute atomic E-state index is 3.38. The molecule has 0 atom stereocenters. The van der Waals surface area contributed by atoms with E-state index in [1.54, 1.807) is 0 Å². The molecule has 0 unspecified atom stereocenters. The third kappa shape index (κ3) is 2.40. The molecule has 0 aromatic carbocycles. The van der Waals surface area contributed by atoms with E-state index in [-0.39, 0.29) is 0 Å². The Labute approximate surface area is 67.2 Å². The second-order valence-corrected chi connectivity index (χ2v) is 3.90. The Morgan fingerprint density at radius 3 is 1.75 bits per heavy atom. The fourth-order valence-electron chi connectivity index (χ4n) is 0.144. The SMILES string of the molecule is CC(C)C(C)(C)[NH][Hf]. The molecule has 0 amide bonds. The van der Waals surface area contributed by atoms with Gasteiger partial charge in [0.2, 0.25) is 0 Å². The van der Waals surface area contributed by atoms with Crippen molar-refractivity contribution in [2.24, 2.45) is 5.92 Å². The first-order chi connectivity index (χ1) is 3.50. The molecule has 0 aromatic rings. The summed E-state index contributed by atoms with van der Waals surface area (Å²) in [5, 5.41) is 0. The van der Waals surface area contributed by atoms with Crippen LogP contribution in [0.3, 0.4) is 0 Å². The zero-order valence-electron chi connectivity index (χ0n) is 6.08. The fraction of sp³-hybridized carbons (Fsp3) is 1.00. The van der Waals surface area contributed by atoms with Gasteiger partial charge in [0.1, 0.15) is 0 Å². The van der Waals surface area contributed by atoms with Gasteiger partial charge in [-0.25, -0.2) is 0 Å². The molecular formula is C6H14HfN.